The Bertz CT molecular complexity index is 1110. The van der Waals surface area contributed by atoms with Crippen molar-refractivity contribution in [1.82, 2.24) is 20.2 Å². The van der Waals surface area contributed by atoms with Crippen LogP contribution in [0.25, 0.3) is 0 Å². The second kappa shape index (κ2) is 11.7. The molecule has 2 aromatic heterocycles. The smallest absolute Gasteiger partial charge is 0.259 e. The highest BCUT2D eigenvalue weighted by Crippen LogP contribution is 2.26. The fraction of sp³-hybridized carbons (Fsp3) is 0.654. The Hall–Kier alpha value is -2.46. The third-order valence-corrected chi connectivity index (χ3v) is 8.17. The van der Waals surface area contributed by atoms with Gasteiger partial charge >= 0.3 is 0 Å². The Morgan fingerprint density at radius 3 is 2.67 bits per heavy atom. The first-order chi connectivity index (χ1) is 16.9. The van der Waals surface area contributed by atoms with Gasteiger partial charge in [-0.3, -0.25) is 4.79 Å². The minimum Gasteiger partial charge on any atom is -0.467 e. The van der Waals surface area contributed by atoms with Gasteiger partial charge in [0.1, 0.15) is 32.8 Å². The Kier molecular flexibility index (Phi) is 9.16. The van der Waals surface area contributed by atoms with Gasteiger partial charge in [0.05, 0.1) is 18.6 Å². The predicted molar refractivity (Wildman–Crippen MR) is 142 cm³/mol. The number of anilines is 1. The minimum absolute atomic E-state index is 0.0350. The van der Waals surface area contributed by atoms with Gasteiger partial charge in [-0.05, 0) is 36.9 Å². The molecule has 1 saturated heterocycles. The van der Waals surface area contributed by atoms with E-state index in [-0.39, 0.29) is 40.7 Å². The van der Waals surface area contributed by atoms with Crippen molar-refractivity contribution in [2.75, 3.05) is 36.5 Å². The summed E-state index contributed by atoms with van der Waals surface area (Å²) in [5.41, 5.74) is 0.115. The molecule has 1 aliphatic rings. The van der Waals surface area contributed by atoms with Gasteiger partial charge in [-0.2, -0.15) is 0 Å². The summed E-state index contributed by atoms with van der Waals surface area (Å²) in [6, 6.07) is 3.56. The number of nitrogens with one attached hydrogen (secondary N) is 2. The number of furan rings is 1. The normalized spacial score (nSPS) is 18.9. The van der Waals surface area contributed by atoms with Crippen molar-refractivity contribution in [2.45, 2.75) is 66.0 Å². The molecule has 36 heavy (non-hydrogen) atoms. The van der Waals surface area contributed by atoms with Crippen LogP contribution in [0.15, 0.2) is 29.0 Å². The highest BCUT2D eigenvalue weighted by molar-refractivity contribution is 7.91. The third kappa shape index (κ3) is 7.52. The Morgan fingerprint density at radius 2 is 2.06 bits per heavy atom. The molecule has 3 rings (SSSR count). The van der Waals surface area contributed by atoms with E-state index >= 15 is 0 Å². The van der Waals surface area contributed by atoms with E-state index in [2.05, 4.69) is 29.5 Å². The molecule has 0 spiro atoms. The fourth-order valence-electron chi connectivity index (χ4n) is 4.41. The molecule has 0 unspecified atom stereocenters. The lowest BCUT2D eigenvalue weighted by Crippen LogP contribution is -2.53. The molecule has 0 bridgehead atoms. The van der Waals surface area contributed by atoms with E-state index in [9.17, 15) is 13.2 Å². The molecule has 0 saturated carbocycles. The lowest BCUT2D eigenvalue weighted by molar-refractivity contribution is 0.0595. The van der Waals surface area contributed by atoms with Gasteiger partial charge in [-0.1, -0.05) is 41.5 Å². The molecule has 0 aromatic carbocycles. The van der Waals surface area contributed by atoms with Crippen LogP contribution < -0.4 is 10.6 Å². The van der Waals surface area contributed by atoms with Crippen LogP contribution in [-0.2, 0) is 21.8 Å². The SMILES string of the molecule is CCS(=O)(=O)C[C@H]1CNC[C@@H](N(CC(C)C)C(=O)c2cnc(C(C)(C)C)nc2NCc2ccco2)C1. The molecule has 9 nitrogen and oxygen atoms in total. The number of nitrogens with zero attached hydrogens (tertiary/aromatic N) is 3. The predicted octanol–water partition coefficient (Wildman–Crippen LogP) is 3.49. The summed E-state index contributed by atoms with van der Waals surface area (Å²) in [6.07, 6.45) is 3.86. The largest absolute Gasteiger partial charge is 0.467 e. The van der Waals surface area contributed by atoms with Crippen molar-refractivity contribution in [1.29, 1.82) is 0 Å². The van der Waals surface area contributed by atoms with Crippen molar-refractivity contribution < 1.29 is 17.6 Å². The van der Waals surface area contributed by atoms with Crippen molar-refractivity contribution >= 4 is 21.6 Å². The summed E-state index contributed by atoms with van der Waals surface area (Å²) < 4.78 is 30.0. The first-order valence-electron chi connectivity index (χ1n) is 12.8. The summed E-state index contributed by atoms with van der Waals surface area (Å²) in [6.45, 7) is 14.1. The molecule has 0 aliphatic carbocycles. The number of carbonyl (C=O) groups excluding carboxylic acids is 1. The molecule has 3 heterocycles. The first-order valence-corrected chi connectivity index (χ1v) is 14.6. The number of amides is 1. The van der Waals surface area contributed by atoms with Gasteiger partial charge in [-0.15, -0.1) is 0 Å². The Morgan fingerprint density at radius 1 is 1.31 bits per heavy atom. The zero-order chi connectivity index (χ0) is 26.5. The van der Waals surface area contributed by atoms with Crippen LogP contribution in [-0.4, -0.2) is 66.4 Å². The highest BCUT2D eigenvalue weighted by atomic mass is 32.2. The Balaban J connectivity index is 1.91. The van der Waals surface area contributed by atoms with Crippen LogP contribution >= 0.6 is 0 Å². The van der Waals surface area contributed by atoms with Gasteiger partial charge in [-0.25, -0.2) is 18.4 Å². The monoisotopic (exact) mass is 519 g/mol. The molecular formula is C26H41N5O4S. The quantitative estimate of drug-likeness (QED) is 0.490. The number of carbonyl (C=O) groups is 1. The van der Waals surface area contributed by atoms with E-state index in [0.717, 1.165) is 5.76 Å². The number of hydrogen-bond donors (Lipinski definition) is 2. The lowest BCUT2D eigenvalue weighted by atomic mass is 9.94. The standard InChI is InChI=1S/C26H41N5O4S/c1-7-36(33,34)17-19-11-20(13-27-12-19)31(16-18(2)3)24(32)22-15-29-25(26(4,5)6)30-23(22)28-14-21-9-8-10-35-21/h8-10,15,18-20,27H,7,11-14,16-17H2,1-6H3,(H,28,29,30)/t19-,20+/m1/s1. The highest BCUT2D eigenvalue weighted by Gasteiger charge is 2.34. The summed E-state index contributed by atoms with van der Waals surface area (Å²) in [7, 11) is -3.10. The molecule has 1 amide bonds. The maximum Gasteiger partial charge on any atom is 0.259 e. The molecule has 0 radical (unpaired) electrons. The Labute approximate surface area is 215 Å². The van der Waals surface area contributed by atoms with Crippen molar-refractivity contribution in [3.63, 3.8) is 0 Å². The number of hydrogen-bond acceptors (Lipinski definition) is 8. The summed E-state index contributed by atoms with van der Waals surface area (Å²) in [5.74, 6) is 2.16. The van der Waals surface area contributed by atoms with E-state index in [1.54, 1.807) is 19.4 Å². The molecule has 1 aliphatic heterocycles. The number of rotatable bonds is 10. The van der Waals surface area contributed by atoms with Crippen molar-refractivity contribution in [3.05, 3.63) is 41.7 Å². The number of sulfone groups is 1. The van der Waals surface area contributed by atoms with Crippen LogP contribution in [0.3, 0.4) is 0 Å². The minimum atomic E-state index is -3.10. The van der Waals surface area contributed by atoms with Crippen LogP contribution in [0.2, 0.25) is 0 Å². The maximum atomic E-state index is 14.0. The van der Waals surface area contributed by atoms with E-state index < -0.39 is 9.84 Å². The molecule has 2 N–H and O–H groups in total. The van der Waals surface area contributed by atoms with Gasteiger partial charge in [0.25, 0.3) is 5.91 Å². The van der Waals surface area contributed by atoms with Crippen LogP contribution in [0.4, 0.5) is 5.82 Å². The molecule has 2 aromatic rings. The molecule has 1 fully saturated rings. The second-order valence-corrected chi connectivity index (χ2v) is 13.5. The zero-order valence-electron chi connectivity index (χ0n) is 22.4. The number of aromatic nitrogens is 2. The maximum absolute atomic E-state index is 14.0. The van der Waals surface area contributed by atoms with Gasteiger partial charge in [0.15, 0.2) is 0 Å². The van der Waals surface area contributed by atoms with Gasteiger partial charge in [0, 0.05) is 36.5 Å². The summed E-state index contributed by atoms with van der Waals surface area (Å²) in [5, 5.41) is 6.64. The van der Waals surface area contributed by atoms with Gasteiger partial charge < -0.3 is 20.0 Å². The van der Waals surface area contributed by atoms with E-state index in [4.69, 9.17) is 9.40 Å². The van der Waals surface area contributed by atoms with Crippen LogP contribution in [0.5, 0.6) is 0 Å². The average Bonchev–Trinajstić information content (AvgIpc) is 3.33. The summed E-state index contributed by atoms with van der Waals surface area (Å²) >= 11 is 0. The first kappa shape index (κ1) is 28.1. The summed E-state index contributed by atoms with van der Waals surface area (Å²) in [4.78, 5) is 25.2. The van der Waals surface area contributed by atoms with E-state index in [1.165, 1.54) is 0 Å². The molecular weight excluding hydrogens is 478 g/mol. The topological polar surface area (TPSA) is 117 Å². The number of piperidine rings is 1. The third-order valence-electron chi connectivity index (χ3n) is 6.31. The van der Waals surface area contributed by atoms with E-state index in [1.807, 2.05) is 37.8 Å². The van der Waals surface area contributed by atoms with Crippen LogP contribution in [0, 0.1) is 11.8 Å². The van der Waals surface area contributed by atoms with Crippen molar-refractivity contribution in [2.24, 2.45) is 11.8 Å². The average molecular weight is 520 g/mol. The molecule has 200 valence electrons. The fourth-order valence-corrected chi connectivity index (χ4v) is 5.62. The second-order valence-electron chi connectivity index (χ2n) is 11.1. The van der Waals surface area contributed by atoms with Crippen LogP contribution in [0.1, 0.15) is 69.9 Å². The molecule has 2 atom stereocenters. The van der Waals surface area contributed by atoms with Crippen molar-refractivity contribution in [3.8, 4) is 0 Å². The van der Waals surface area contributed by atoms with Gasteiger partial charge in [0.2, 0.25) is 0 Å². The molecule has 10 heteroatoms. The lowest BCUT2D eigenvalue weighted by Gasteiger charge is -2.39. The van der Waals surface area contributed by atoms with E-state index in [0.29, 0.717) is 49.8 Å². The zero-order valence-corrected chi connectivity index (χ0v) is 23.2.